The summed E-state index contributed by atoms with van der Waals surface area (Å²) in [5.41, 5.74) is -1.75. The average molecular weight is 383 g/mol. The van der Waals surface area contributed by atoms with Crippen molar-refractivity contribution >= 4 is 5.91 Å². The molecule has 3 rings (SSSR count). The first kappa shape index (κ1) is 19.2. The molecule has 0 saturated carbocycles. The molecule has 27 heavy (non-hydrogen) atoms. The number of fused-ring (bicyclic) bond motifs is 1. The van der Waals surface area contributed by atoms with Gasteiger partial charge in [0.25, 0.3) is 5.91 Å². The lowest BCUT2D eigenvalue weighted by Gasteiger charge is -2.42. The minimum absolute atomic E-state index is 0.0652. The number of alkyl halides is 3. The molecule has 1 heterocycles. The zero-order valence-corrected chi connectivity index (χ0v) is 14.5. The number of carbonyl (C=O) groups is 1. The molecule has 0 fully saturated rings. The third-order valence-corrected chi connectivity index (χ3v) is 4.47. The van der Waals surface area contributed by atoms with Gasteiger partial charge in [-0.3, -0.25) is 4.79 Å². The minimum Gasteiger partial charge on any atom is -0.485 e. The normalized spacial score (nSPS) is 21.1. The fourth-order valence-corrected chi connectivity index (χ4v) is 2.95. The summed E-state index contributed by atoms with van der Waals surface area (Å²) in [5.74, 6) is -1.17. The number of carbonyl (C=O) groups excluding carboxylic acids is 1. The number of rotatable bonds is 2. The van der Waals surface area contributed by atoms with E-state index < -0.39 is 41.2 Å². The topological polar surface area (TPSA) is 58.6 Å². The van der Waals surface area contributed by atoms with E-state index in [4.69, 9.17) is 4.74 Å². The van der Waals surface area contributed by atoms with Crippen molar-refractivity contribution in [3.8, 4) is 5.75 Å². The Morgan fingerprint density at radius 2 is 1.78 bits per heavy atom. The third kappa shape index (κ3) is 3.75. The average Bonchev–Trinajstić information content (AvgIpc) is 2.57. The molecule has 0 aromatic heterocycles. The molecule has 2 N–H and O–H groups in total. The second-order valence-corrected chi connectivity index (χ2v) is 6.86. The third-order valence-electron chi connectivity index (χ3n) is 4.47. The molecule has 2 atom stereocenters. The van der Waals surface area contributed by atoms with Crippen molar-refractivity contribution in [3.63, 3.8) is 0 Å². The second kappa shape index (κ2) is 6.53. The Balaban J connectivity index is 1.97. The number of hydrogen-bond acceptors (Lipinski definition) is 3. The largest absolute Gasteiger partial charge is 0.485 e. The predicted octanol–water partition coefficient (Wildman–Crippen LogP) is 3.85. The van der Waals surface area contributed by atoms with Gasteiger partial charge < -0.3 is 15.2 Å². The molecular formula is C19H17F4NO3. The fourth-order valence-electron chi connectivity index (χ4n) is 2.95. The molecule has 0 bridgehead atoms. The van der Waals surface area contributed by atoms with Gasteiger partial charge in [0, 0.05) is 11.1 Å². The zero-order valence-electron chi connectivity index (χ0n) is 14.5. The van der Waals surface area contributed by atoms with Gasteiger partial charge in [0.1, 0.15) is 23.3 Å². The van der Waals surface area contributed by atoms with E-state index in [2.05, 4.69) is 5.32 Å². The van der Waals surface area contributed by atoms with Crippen LogP contribution < -0.4 is 10.1 Å². The second-order valence-electron chi connectivity index (χ2n) is 6.86. The van der Waals surface area contributed by atoms with E-state index in [-0.39, 0.29) is 16.9 Å². The summed E-state index contributed by atoms with van der Waals surface area (Å²) in [6, 6.07) is 6.66. The van der Waals surface area contributed by atoms with Crippen molar-refractivity contribution < 1.29 is 32.2 Å². The molecule has 1 amide bonds. The molecule has 0 unspecified atom stereocenters. The summed E-state index contributed by atoms with van der Waals surface area (Å²) in [6.07, 6.45) is -5.77. The molecule has 2 aromatic rings. The molecule has 0 aliphatic carbocycles. The number of amides is 1. The van der Waals surface area contributed by atoms with Gasteiger partial charge in [0.15, 0.2) is 0 Å². The van der Waals surface area contributed by atoms with Gasteiger partial charge in [-0.25, -0.2) is 4.39 Å². The fraction of sp³-hybridized carbons (Fsp3) is 0.316. The van der Waals surface area contributed by atoms with Gasteiger partial charge in [0.2, 0.25) is 0 Å². The van der Waals surface area contributed by atoms with Gasteiger partial charge in [-0.15, -0.1) is 0 Å². The predicted molar refractivity (Wildman–Crippen MR) is 88.8 cm³/mol. The Bertz CT molecular complexity index is 862. The Morgan fingerprint density at radius 1 is 1.15 bits per heavy atom. The van der Waals surface area contributed by atoms with Gasteiger partial charge >= 0.3 is 6.18 Å². The van der Waals surface area contributed by atoms with E-state index in [0.717, 1.165) is 24.3 Å². The minimum atomic E-state index is -4.55. The van der Waals surface area contributed by atoms with Crippen LogP contribution in [0.15, 0.2) is 42.5 Å². The first-order valence-electron chi connectivity index (χ1n) is 8.14. The maximum atomic E-state index is 13.0. The van der Waals surface area contributed by atoms with E-state index in [1.165, 1.54) is 32.0 Å². The van der Waals surface area contributed by atoms with E-state index >= 15 is 0 Å². The molecule has 2 aromatic carbocycles. The van der Waals surface area contributed by atoms with Crippen molar-refractivity contribution in [3.05, 3.63) is 65.0 Å². The SMILES string of the molecule is CC1(C)Oc2cc(C(F)(F)F)ccc2[C@@H](NC(=O)c2ccc(F)cc2)[C@@H]1O. The Kier molecular flexibility index (Phi) is 4.63. The van der Waals surface area contributed by atoms with Crippen molar-refractivity contribution in [2.75, 3.05) is 0 Å². The summed E-state index contributed by atoms with van der Waals surface area (Å²) in [4.78, 5) is 12.5. The summed E-state index contributed by atoms with van der Waals surface area (Å²) in [5, 5.41) is 13.2. The zero-order chi connectivity index (χ0) is 20.0. The standard InChI is InChI=1S/C19H17F4NO3/c1-18(2)16(25)15(24-17(26)10-3-6-12(20)7-4-10)13-8-5-11(19(21,22)23)9-14(13)27-18/h3-9,15-16,25H,1-2H3,(H,24,26)/t15-,16+/m1/s1. The molecule has 0 spiro atoms. The van der Waals surface area contributed by atoms with Crippen LogP contribution in [0.4, 0.5) is 17.6 Å². The highest BCUT2D eigenvalue weighted by Crippen LogP contribution is 2.42. The van der Waals surface area contributed by atoms with Gasteiger partial charge in [-0.05, 0) is 50.2 Å². The molecular weight excluding hydrogens is 366 g/mol. The molecule has 0 saturated heterocycles. The number of benzene rings is 2. The van der Waals surface area contributed by atoms with E-state index in [1.54, 1.807) is 0 Å². The Labute approximate surface area is 152 Å². The lowest BCUT2D eigenvalue weighted by Crippen LogP contribution is -2.53. The van der Waals surface area contributed by atoms with Crippen molar-refractivity contribution in [2.45, 2.75) is 37.8 Å². The smallest absolute Gasteiger partial charge is 0.416 e. The number of nitrogens with one attached hydrogen (secondary N) is 1. The molecule has 1 aliphatic rings. The molecule has 144 valence electrons. The lowest BCUT2D eigenvalue weighted by molar-refractivity contribution is -0.138. The monoisotopic (exact) mass is 383 g/mol. The molecule has 4 nitrogen and oxygen atoms in total. The van der Waals surface area contributed by atoms with Crippen LogP contribution in [0.25, 0.3) is 0 Å². The lowest BCUT2D eigenvalue weighted by atomic mass is 9.86. The van der Waals surface area contributed by atoms with Crippen LogP contribution in [0.1, 0.15) is 41.4 Å². The summed E-state index contributed by atoms with van der Waals surface area (Å²) in [7, 11) is 0. The van der Waals surface area contributed by atoms with Crippen LogP contribution in [-0.2, 0) is 6.18 Å². The Hall–Kier alpha value is -2.61. The van der Waals surface area contributed by atoms with Crippen molar-refractivity contribution in [1.29, 1.82) is 0 Å². The van der Waals surface area contributed by atoms with E-state index in [9.17, 15) is 27.5 Å². The number of halogens is 4. The maximum Gasteiger partial charge on any atom is 0.416 e. The summed E-state index contributed by atoms with van der Waals surface area (Å²) < 4.78 is 57.5. The summed E-state index contributed by atoms with van der Waals surface area (Å²) in [6.45, 7) is 3.02. The summed E-state index contributed by atoms with van der Waals surface area (Å²) >= 11 is 0. The highest BCUT2D eigenvalue weighted by molar-refractivity contribution is 5.94. The van der Waals surface area contributed by atoms with Crippen LogP contribution in [0.3, 0.4) is 0 Å². The van der Waals surface area contributed by atoms with Gasteiger partial charge in [-0.2, -0.15) is 13.2 Å². The van der Waals surface area contributed by atoms with Crippen LogP contribution in [0, 0.1) is 5.82 Å². The molecule has 0 radical (unpaired) electrons. The van der Waals surface area contributed by atoms with Crippen molar-refractivity contribution in [1.82, 2.24) is 5.32 Å². The van der Waals surface area contributed by atoms with Crippen LogP contribution in [0.5, 0.6) is 5.75 Å². The van der Waals surface area contributed by atoms with E-state index in [0.29, 0.717) is 0 Å². The molecule has 1 aliphatic heterocycles. The molecule has 8 heteroatoms. The first-order valence-corrected chi connectivity index (χ1v) is 8.14. The van der Waals surface area contributed by atoms with E-state index in [1.807, 2.05) is 0 Å². The Morgan fingerprint density at radius 3 is 2.37 bits per heavy atom. The number of hydrogen-bond donors (Lipinski definition) is 2. The van der Waals surface area contributed by atoms with Crippen LogP contribution in [-0.4, -0.2) is 22.7 Å². The highest BCUT2D eigenvalue weighted by atomic mass is 19.4. The maximum absolute atomic E-state index is 13.0. The van der Waals surface area contributed by atoms with Crippen LogP contribution in [0.2, 0.25) is 0 Å². The van der Waals surface area contributed by atoms with Gasteiger partial charge in [0.05, 0.1) is 11.6 Å². The number of aliphatic hydroxyl groups is 1. The number of ether oxygens (including phenoxy) is 1. The quantitative estimate of drug-likeness (QED) is 0.775. The van der Waals surface area contributed by atoms with Crippen LogP contribution >= 0.6 is 0 Å². The van der Waals surface area contributed by atoms with Crippen molar-refractivity contribution in [2.24, 2.45) is 0 Å². The first-order chi connectivity index (χ1) is 12.5. The highest BCUT2D eigenvalue weighted by Gasteiger charge is 2.44. The van der Waals surface area contributed by atoms with Gasteiger partial charge in [-0.1, -0.05) is 6.07 Å². The number of aliphatic hydroxyl groups excluding tert-OH is 1.